The van der Waals surface area contributed by atoms with Crippen molar-refractivity contribution >= 4 is 21.4 Å². The molecule has 2 aromatic rings. The second kappa shape index (κ2) is 4.78. The van der Waals surface area contributed by atoms with Crippen LogP contribution in [0.4, 0.5) is 0 Å². The Morgan fingerprint density at radius 2 is 2.24 bits per heavy atom. The molecule has 2 aromatic heterocycles. The van der Waals surface area contributed by atoms with Crippen LogP contribution in [-0.4, -0.2) is 22.5 Å². The third-order valence-electron chi connectivity index (χ3n) is 3.50. The second-order valence-corrected chi connectivity index (χ2v) is 5.63. The third kappa shape index (κ3) is 2.38. The van der Waals surface area contributed by atoms with E-state index in [0.29, 0.717) is 0 Å². The highest BCUT2D eigenvalue weighted by atomic mass is 79.9. The molecular weight excluding hydrogens is 278 g/mol. The number of imidazole rings is 1. The molecule has 0 saturated carbocycles. The number of aromatic nitrogens is 2. The number of nitrogens with one attached hydrogen (secondary N) is 1. The Kier molecular flexibility index (Phi) is 3.16. The largest absolute Gasteiger partial charge is 0.317 e. The van der Waals surface area contributed by atoms with Gasteiger partial charge in [-0.2, -0.15) is 0 Å². The van der Waals surface area contributed by atoms with Crippen LogP contribution in [0.25, 0.3) is 5.52 Å². The van der Waals surface area contributed by atoms with E-state index in [1.54, 1.807) is 0 Å². The quantitative estimate of drug-likeness (QED) is 0.922. The van der Waals surface area contributed by atoms with Gasteiger partial charge in [0.15, 0.2) is 0 Å². The Labute approximate surface area is 109 Å². The molecule has 0 aliphatic carbocycles. The molecular formula is C13H16BrN3. The van der Waals surface area contributed by atoms with Gasteiger partial charge in [0.05, 0.1) is 11.7 Å². The first-order chi connectivity index (χ1) is 8.33. The van der Waals surface area contributed by atoms with Crippen LogP contribution in [0.3, 0.4) is 0 Å². The van der Waals surface area contributed by atoms with Gasteiger partial charge in [-0.1, -0.05) is 15.9 Å². The Hall–Kier alpha value is -0.870. The van der Waals surface area contributed by atoms with Gasteiger partial charge in [0.2, 0.25) is 0 Å². The van der Waals surface area contributed by atoms with Gasteiger partial charge in [0, 0.05) is 17.1 Å². The average Bonchev–Trinajstić information content (AvgIpc) is 2.73. The molecule has 3 nitrogen and oxygen atoms in total. The smallest absolute Gasteiger partial charge is 0.113 e. The van der Waals surface area contributed by atoms with Gasteiger partial charge >= 0.3 is 0 Å². The lowest BCUT2D eigenvalue weighted by atomic mass is 9.94. The predicted octanol–water partition coefficient (Wildman–Crippen LogP) is 2.64. The molecule has 90 valence electrons. The van der Waals surface area contributed by atoms with E-state index in [9.17, 15) is 0 Å². The number of halogens is 1. The summed E-state index contributed by atoms with van der Waals surface area (Å²) in [6.07, 6.45) is 7.69. The highest BCUT2D eigenvalue weighted by molar-refractivity contribution is 9.10. The van der Waals surface area contributed by atoms with Crippen molar-refractivity contribution in [1.29, 1.82) is 0 Å². The van der Waals surface area contributed by atoms with Crippen LogP contribution in [-0.2, 0) is 6.42 Å². The van der Waals surface area contributed by atoms with Crippen molar-refractivity contribution in [1.82, 2.24) is 14.7 Å². The van der Waals surface area contributed by atoms with Gasteiger partial charge in [-0.15, -0.1) is 0 Å². The topological polar surface area (TPSA) is 29.3 Å². The number of piperidine rings is 1. The molecule has 0 unspecified atom stereocenters. The fourth-order valence-electron chi connectivity index (χ4n) is 2.52. The lowest BCUT2D eigenvalue weighted by Gasteiger charge is -2.21. The molecule has 3 rings (SSSR count). The van der Waals surface area contributed by atoms with Crippen molar-refractivity contribution in [3.63, 3.8) is 0 Å². The molecule has 1 aliphatic rings. The molecule has 0 amide bonds. The number of pyridine rings is 1. The van der Waals surface area contributed by atoms with Crippen molar-refractivity contribution in [2.75, 3.05) is 13.1 Å². The SMILES string of the molecule is Brc1ccn2c(CC3CCNCC3)ncc2c1. The Balaban J connectivity index is 1.84. The summed E-state index contributed by atoms with van der Waals surface area (Å²) in [7, 11) is 0. The molecule has 4 heteroatoms. The van der Waals surface area contributed by atoms with Crippen LogP contribution < -0.4 is 5.32 Å². The van der Waals surface area contributed by atoms with E-state index in [4.69, 9.17) is 0 Å². The van der Waals surface area contributed by atoms with E-state index >= 15 is 0 Å². The van der Waals surface area contributed by atoms with Crippen LogP contribution in [0.1, 0.15) is 18.7 Å². The second-order valence-electron chi connectivity index (χ2n) is 4.71. The standard InChI is InChI=1S/C13H16BrN3/c14-11-3-6-17-12(8-11)9-16-13(17)7-10-1-4-15-5-2-10/h3,6,8-10,15H,1-2,4-5,7H2. The number of hydrogen-bond donors (Lipinski definition) is 1. The lowest BCUT2D eigenvalue weighted by Crippen LogP contribution is -2.29. The van der Waals surface area contributed by atoms with Crippen molar-refractivity contribution < 1.29 is 0 Å². The van der Waals surface area contributed by atoms with Gasteiger partial charge in [-0.05, 0) is 44.0 Å². The summed E-state index contributed by atoms with van der Waals surface area (Å²) in [6.45, 7) is 2.30. The van der Waals surface area contributed by atoms with Crippen molar-refractivity contribution in [3.8, 4) is 0 Å². The Morgan fingerprint density at radius 1 is 1.41 bits per heavy atom. The molecule has 0 radical (unpaired) electrons. The maximum absolute atomic E-state index is 4.55. The monoisotopic (exact) mass is 293 g/mol. The molecule has 17 heavy (non-hydrogen) atoms. The van der Waals surface area contributed by atoms with Gasteiger partial charge in [-0.25, -0.2) is 4.98 Å². The number of fused-ring (bicyclic) bond motifs is 1. The highest BCUT2D eigenvalue weighted by Crippen LogP contribution is 2.20. The van der Waals surface area contributed by atoms with Gasteiger partial charge < -0.3 is 9.72 Å². The first kappa shape index (κ1) is 11.2. The minimum atomic E-state index is 0.783. The van der Waals surface area contributed by atoms with E-state index in [0.717, 1.165) is 29.9 Å². The molecule has 1 saturated heterocycles. The van der Waals surface area contributed by atoms with Crippen molar-refractivity contribution in [3.05, 3.63) is 34.8 Å². The summed E-state index contributed by atoms with van der Waals surface area (Å²) in [6, 6.07) is 4.18. The molecule has 3 heterocycles. The van der Waals surface area contributed by atoms with Gasteiger partial charge in [-0.3, -0.25) is 0 Å². The molecule has 1 aliphatic heterocycles. The summed E-state index contributed by atoms with van der Waals surface area (Å²) in [4.78, 5) is 4.55. The molecule has 1 N–H and O–H groups in total. The van der Waals surface area contributed by atoms with Crippen LogP contribution in [0, 0.1) is 5.92 Å². The Bertz CT molecular complexity index is 514. The minimum Gasteiger partial charge on any atom is -0.317 e. The van der Waals surface area contributed by atoms with Crippen molar-refractivity contribution in [2.24, 2.45) is 5.92 Å². The summed E-state index contributed by atoms with van der Waals surface area (Å²) in [5.41, 5.74) is 1.17. The fourth-order valence-corrected chi connectivity index (χ4v) is 2.88. The Morgan fingerprint density at radius 3 is 3.06 bits per heavy atom. The fraction of sp³-hybridized carbons (Fsp3) is 0.462. The first-order valence-electron chi connectivity index (χ1n) is 6.15. The van der Waals surface area contributed by atoms with E-state index in [2.05, 4.69) is 49.0 Å². The van der Waals surface area contributed by atoms with E-state index in [1.165, 1.54) is 24.2 Å². The highest BCUT2D eigenvalue weighted by Gasteiger charge is 2.16. The average molecular weight is 294 g/mol. The predicted molar refractivity (Wildman–Crippen MR) is 72.2 cm³/mol. The number of rotatable bonds is 2. The molecule has 0 atom stereocenters. The first-order valence-corrected chi connectivity index (χ1v) is 6.94. The lowest BCUT2D eigenvalue weighted by molar-refractivity contribution is 0.367. The minimum absolute atomic E-state index is 0.783. The molecule has 0 spiro atoms. The third-order valence-corrected chi connectivity index (χ3v) is 3.99. The van der Waals surface area contributed by atoms with Crippen LogP contribution in [0.15, 0.2) is 29.0 Å². The maximum Gasteiger partial charge on any atom is 0.113 e. The summed E-state index contributed by atoms with van der Waals surface area (Å²) >= 11 is 3.49. The zero-order valence-corrected chi connectivity index (χ0v) is 11.3. The van der Waals surface area contributed by atoms with Crippen molar-refractivity contribution in [2.45, 2.75) is 19.3 Å². The molecule has 0 bridgehead atoms. The zero-order valence-electron chi connectivity index (χ0n) is 9.69. The number of hydrogen-bond acceptors (Lipinski definition) is 2. The molecule has 1 fully saturated rings. The van der Waals surface area contributed by atoms with E-state index in [1.807, 2.05) is 6.20 Å². The van der Waals surface area contributed by atoms with E-state index < -0.39 is 0 Å². The van der Waals surface area contributed by atoms with Crippen LogP contribution in [0.2, 0.25) is 0 Å². The number of nitrogens with zero attached hydrogens (tertiary/aromatic N) is 2. The van der Waals surface area contributed by atoms with Gasteiger partial charge in [0.1, 0.15) is 5.82 Å². The van der Waals surface area contributed by atoms with Crippen LogP contribution in [0.5, 0.6) is 0 Å². The van der Waals surface area contributed by atoms with Gasteiger partial charge in [0.25, 0.3) is 0 Å². The summed E-state index contributed by atoms with van der Waals surface area (Å²) < 4.78 is 3.31. The zero-order chi connectivity index (χ0) is 11.7. The van der Waals surface area contributed by atoms with E-state index in [-0.39, 0.29) is 0 Å². The normalized spacial score (nSPS) is 17.7. The van der Waals surface area contributed by atoms with Crippen LogP contribution >= 0.6 is 15.9 Å². The molecule has 0 aromatic carbocycles. The summed E-state index contributed by atoms with van der Waals surface area (Å²) in [5.74, 6) is 1.98. The summed E-state index contributed by atoms with van der Waals surface area (Å²) in [5, 5.41) is 3.41. The maximum atomic E-state index is 4.55.